The zero-order valence-corrected chi connectivity index (χ0v) is 17.6. The van der Waals surface area contributed by atoms with Crippen LogP contribution in [0.25, 0.3) is 0 Å². The number of halogens is 1. The molecule has 2 heterocycles. The van der Waals surface area contributed by atoms with Gasteiger partial charge in [-0.2, -0.15) is 0 Å². The van der Waals surface area contributed by atoms with Crippen LogP contribution in [-0.4, -0.2) is 28.5 Å². The van der Waals surface area contributed by atoms with Gasteiger partial charge in [-0.1, -0.05) is 24.4 Å². The molecule has 2 aliphatic rings. The fraction of sp³-hybridized carbons (Fsp3) is 0.476. The average molecular weight is 434 g/mol. The lowest BCUT2D eigenvalue weighted by atomic mass is 9.79. The van der Waals surface area contributed by atoms with Gasteiger partial charge < -0.3 is 15.7 Å². The minimum absolute atomic E-state index is 0.00650. The SMILES string of the molecule is O=C(Nc1ccc(Cl)nc1)c1c(NC(=O)C2CCCCC2CO)sc2c1CCC2. The van der Waals surface area contributed by atoms with E-state index >= 15 is 0 Å². The molecular weight excluding hydrogens is 410 g/mol. The van der Waals surface area contributed by atoms with Gasteiger partial charge in [0.1, 0.15) is 10.2 Å². The molecule has 1 fully saturated rings. The van der Waals surface area contributed by atoms with Gasteiger partial charge in [-0.15, -0.1) is 11.3 Å². The summed E-state index contributed by atoms with van der Waals surface area (Å²) in [5, 5.41) is 16.5. The summed E-state index contributed by atoms with van der Waals surface area (Å²) < 4.78 is 0. The van der Waals surface area contributed by atoms with Gasteiger partial charge in [-0.3, -0.25) is 9.59 Å². The highest BCUT2D eigenvalue weighted by atomic mass is 35.5. The smallest absolute Gasteiger partial charge is 0.259 e. The number of thiophene rings is 1. The topological polar surface area (TPSA) is 91.3 Å². The molecular formula is C21H24ClN3O3S. The molecule has 2 aliphatic carbocycles. The van der Waals surface area contributed by atoms with Crippen molar-refractivity contribution < 1.29 is 14.7 Å². The molecule has 29 heavy (non-hydrogen) atoms. The van der Waals surface area contributed by atoms with E-state index in [0.717, 1.165) is 50.5 Å². The van der Waals surface area contributed by atoms with Crippen molar-refractivity contribution in [3.63, 3.8) is 0 Å². The zero-order valence-electron chi connectivity index (χ0n) is 16.0. The molecule has 0 saturated heterocycles. The molecule has 4 rings (SSSR count). The molecule has 0 aliphatic heterocycles. The Hall–Kier alpha value is -1.96. The number of pyridine rings is 1. The number of nitrogens with zero attached hydrogens (tertiary/aromatic N) is 1. The van der Waals surface area contributed by atoms with Gasteiger partial charge in [0.05, 0.1) is 17.4 Å². The maximum Gasteiger partial charge on any atom is 0.259 e. The Morgan fingerprint density at radius 2 is 2.00 bits per heavy atom. The Morgan fingerprint density at radius 3 is 2.76 bits per heavy atom. The van der Waals surface area contributed by atoms with E-state index in [2.05, 4.69) is 15.6 Å². The number of aliphatic hydroxyl groups is 1. The van der Waals surface area contributed by atoms with Gasteiger partial charge in [0, 0.05) is 17.4 Å². The summed E-state index contributed by atoms with van der Waals surface area (Å²) in [6.45, 7) is 0.0237. The van der Waals surface area contributed by atoms with Gasteiger partial charge in [0.15, 0.2) is 0 Å². The van der Waals surface area contributed by atoms with Crippen LogP contribution in [0.2, 0.25) is 5.15 Å². The van der Waals surface area contributed by atoms with Crippen LogP contribution in [0.15, 0.2) is 18.3 Å². The first-order valence-corrected chi connectivity index (χ1v) is 11.3. The van der Waals surface area contributed by atoms with Gasteiger partial charge in [-0.05, 0) is 55.7 Å². The molecule has 0 radical (unpaired) electrons. The van der Waals surface area contributed by atoms with Crippen LogP contribution in [0, 0.1) is 11.8 Å². The second-order valence-corrected chi connectivity index (χ2v) is 9.20. The zero-order chi connectivity index (χ0) is 20.4. The van der Waals surface area contributed by atoms with Gasteiger partial charge >= 0.3 is 0 Å². The minimum atomic E-state index is -0.244. The van der Waals surface area contributed by atoms with Gasteiger partial charge in [-0.25, -0.2) is 4.98 Å². The molecule has 3 N–H and O–H groups in total. The largest absolute Gasteiger partial charge is 0.396 e. The van der Waals surface area contributed by atoms with E-state index in [1.54, 1.807) is 12.1 Å². The molecule has 8 heteroatoms. The lowest BCUT2D eigenvalue weighted by molar-refractivity contribution is -0.123. The van der Waals surface area contributed by atoms with Crippen LogP contribution in [-0.2, 0) is 17.6 Å². The molecule has 0 bridgehead atoms. The number of amides is 2. The van der Waals surface area contributed by atoms with E-state index in [-0.39, 0.29) is 30.3 Å². The van der Waals surface area contributed by atoms with Crippen LogP contribution in [0.5, 0.6) is 0 Å². The monoisotopic (exact) mass is 433 g/mol. The molecule has 2 atom stereocenters. The van der Waals surface area contributed by atoms with Gasteiger partial charge in [0.2, 0.25) is 5.91 Å². The summed E-state index contributed by atoms with van der Waals surface area (Å²) in [6.07, 6.45) is 7.99. The predicted octanol–water partition coefficient (Wildman–Crippen LogP) is 4.27. The van der Waals surface area contributed by atoms with Crippen molar-refractivity contribution in [1.29, 1.82) is 0 Å². The van der Waals surface area contributed by atoms with Crippen LogP contribution in [0.3, 0.4) is 0 Å². The summed E-state index contributed by atoms with van der Waals surface area (Å²) in [5.41, 5.74) is 2.15. The minimum Gasteiger partial charge on any atom is -0.396 e. The van der Waals surface area contributed by atoms with E-state index in [1.165, 1.54) is 22.4 Å². The first-order valence-electron chi connectivity index (χ1n) is 10.1. The number of hydrogen-bond donors (Lipinski definition) is 3. The van der Waals surface area contributed by atoms with Crippen LogP contribution >= 0.6 is 22.9 Å². The second-order valence-electron chi connectivity index (χ2n) is 7.71. The molecule has 0 aromatic carbocycles. The number of aromatic nitrogens is 1. The highest BCUT2D eigenvalue weighted by molar-refractivity contribution is 7.17. The number of rotatable bonds is 5. The lowest BCUT2D eigenvalue weighted by Crippen LogP contribution is -2.33. The average Bonchev–Trinajstić information content (AvgIpc) is 3.30. The Kier molecular flexibility index (Phi) is 6.18. The quantitative estimate of drug-likeness (QED) is 0.614. The fourth-order valence-electron chi connectivity index (χ4n) is 4.35. The predicted molar refractivity (Wildman–Crippen MR) is 115 cm³/mol. The number of aryl methyl sites for hydroxylation is 1. The van der Waals surface area contributed by atoms with E-state index in [1.807, 2.05) is 0 Å². The van der Waals surface area contributed by atoms with Crippen LogP contribution in [0.1, 0.15) is 52.9 Å². The summed E-state index contributed by atoms with van der Waals surface area (Å²) in [5.74, 6) is -0.549. The normalized spacial score (nSPS) is 20.9. The highest BCUT2D eigenvalue weighted by Crippen LogP contribution is 2.40. The van der Waals surface area contributed by atoms with Crippen LogP contribution in [0.4, 0.5) is 10.7 Å². The van der Waals surface area contributed by atoms with E-state index < -0.39 is 0 Å². The molecule has 6 nitrogen and oxygen atoms in total. The van der Waals surface area contributed by atoms with E-state index in [4.69, 9.17) is 11.6 Å². The number of nitrogens with one attached hydrogen (secondary N) is 2. The molecule has 1 saturated carbocycles. The Balaban J connectivity index is 1.57. The number of carbonyl (C=O) groups excluding carboxylic acids is 2. The second kappa shape index (κ2) is 8.81. The molecule has 2 aromatic rings. The maximum atomic E-state index is 13.1. The number of aliphatic hydroxyl groups excluding tert-OH is 1. The number of hydrogen-bond acceptors (Lipinski definition) is 5. The summed E-state index contributed by atoms with van der Waals surface area (Å²) in [6, 6.07) is 3.32. The first-order chi connectivity index (χ1) is 14.1. The standard InChI is InChI=1S/C21H24ClN3O3S/c22-17-9-8-13(10-23-17)24-20(28)18-15-6-3-7-16(15)29-21(18)25-19(27)14-5-2-1-4-12(14)11-26/h8-10,12,14,26H,1-7,11H2,(H,24,28)(H,25,27). The van der Waals surface area contributed by atoms with Crippen molar-refractivity contribution in [2.45, 2.75) is 44.9 Å². The molecule has 154 valence electrons. The molecule has 2 amide bonds. The van der Waals surface area contributed by atoms with Crippen molar-refractivity contribution >= 4 is 45.4 Å². The third-order valence-electron chi connectivity index (χ3n) is 5.85. The number of anilines is 2. The van der Waals surface area contributed by atoms with Crippen molar-refractivity contribution in [2.75, 3.05) is 17.2 Å². The Labute approximate surface area is 178 Å². The van der Waals surface area contributed by atoms with Crippen molar-refractivity contribution in [3.05, 3.63) is 39.5 Å². The fourth-order valence-corrected chi connectivity index (χ4v) is 5.75. The summed E-state index contributed by atoms with van der Waals surface area (Å²) >= 11 is 7.32. The first kappa shape index (κ1) is 20.3. The lowest BCUT2D eigenvalue weighted by Gasteiger charge is -2.29. The van der Waals surface area contributed by atoms with Crippen molar-refractivity contribution in [1.82, 2.24) is 4.98 Å². The molecule has 0 spiro atoms. The third-order valence-corrected chi connectivity index (χ3v) is 7.28. The highest BCUT2D eigenvalue weighted by Gasteiger charge is 2.33. The Bertz CT molecular complexity index is 913. The van der Waals surface area contributed by atoms with Crippen LogP contribution < -0.4 is 10.6 Å². The Morgan fingerprint density at radius 1 is 1.17 bits per heavy atom. The van der Waals surface area contributed by atoms with E-state index in [0.29, 0.717) is 21.4 Å². The molecule has 2 aromatic heterocycles. The van der Waals surface area contributed by atoms with Gasteiger partial charge in [0.25, 0.3) is 5.91 Å². The number of carbonyl (C=O) groups is 2. The number of fused-ring (bicyclic) bond motifs is 1. The summed E-state index contributed by atoms with van der Waals surface area (Å²) in [7, 11) is 0. The summed E-state index contributed by atoms with van der Waals surface area (Å²) in [4.78, 5) is 31.2. The third kappa shape index (κ3) is 4.32. The molecule has 2 unspecified atom stereocenters. The van der Waals surface area contributed by atoms with Crippen molar-refractivity contribution in [3.8, 4) is 0 Å². The van der Waals surface area contributed by atoms with Crippen molar-refractivity contribution in [2.24, 2.45) is 11.8 Å². The maximum absolute atomic E-state index is 13.1. The van der Waals surface area contributed by atoms with E-state index in [9.17, 15) is 14.7 Å².